The minimum absolute atomic E-state index is 0.238. The quantitative estimate of drug-likeness (QED) is 0.569. The number of hydrogen-bond donors (Lipinski definition) is 0. The Bertz CT molecular complexity index is 321. The number of halogens is 1. The van der Waals surface area contributed by atoms with E-state index in [4.69, 9.17) is 21.1 Å². The molecule has 0 aliphatic heterocycles. The van der Waals surface area contributed by atoms with Crippen molar-refractivity contribution in [2.75, 3.05) is 14.2 Å². The molecule has 0 radical (unpaired) electrons. The third-order valence-corrected chi connectivity index (χ3v) is 1.99. The molecule has 14 heavy (non-hydrogen) atoms. The van der Waals surface area contributed by atoms with Crippen molar-refractivity contribution in [2.45, 2.75) is 6.29 Å². The molecule has 0 spiro atoms. The summed E-state index contributed by atoms with van der Waals surface area (Å²) in [6.45, 7) is 0. The number of benzene rings is 1. The van der Waals surface area contributed by atoms with Gasteiger partial charge in [-0.25, -0.2) is 0 Å². The van der Waals surface area contributed by atoms with E-state index in [2.05, 4.69) is 0 Å². The van der Waals surface area contributed by atoms with E-state index in [1.165, 1.54) is 14.2 Å². The molecular weight excluding hydrogens is 204 g/mol. The molecule has 1 rings (SSSR count). The highest BCUT2D eigenvalue weighted by molar-refractivity contribution is 6.31. The van der Waals surface area contributed by atoms with Gasteiger partial charge in [0.1, 0.15) is 0 Å². The maximum absolute atomic E-state index is 11.7. The largest absolute Gasteiger partial charge is 0.349 e. The van der Waals surface area contributed by atoms with Crippen LogP contribution in [0.2, 0.25) is 5.02 Å². The van der Waals surface area contributed by atoms with Crippen molar-refractivity contribution in [3.8, 4) is 0 Å². The van der Waals surface area contributed by atoms with Crippen LogP contribution in [0.5, 0.6) is 0 Å². The molecule has 0 aliphatic rings. The second kappa shape index (κ2) is 5.10. The van der Waals surface area contributed by atoms with Crippen molar-refractivity contribution >= 4 is 17.4 Å². The zero-order chi connectivity index (χ0) is 10.6. The Labute approximate surface area is 87.6 Å². The van der Waals surface area contributed by atoms with Crippen molar-refractivity contribution in [3.63, 3.8) is 0 Å². The number of rotatable bonds is 4. The Balaban J connectivity index is 2.88. The van der Waals surface area contributed by atoms with Crippen LogP contribution in [0.15, 0.2) is 24.3 Å². The highest BCUT2D eigenvalue weighted by atomic mass is 35.5. The molecule has 0 heterocycles. The van der Waals surface area contributed by atoms with E-state index < -0.39 is 6.29 Å². The van der Waals surface area contributed by atoms with Crippen molar-refractivity contribution in [2.24, 2.45) is 0 Å². The van der Waals surface area contributed by atoms with Gasteiger partial charge in [0.25, 0.3) is 0 Å². The Morgan fingerprint density at radius 2 is 2.00 bits per heavy atom. The van der Waals surface area contributed by atoms with Crippen LogP contribution in [0, 0.1) is 0 Å². The van der Waals surface area contributed by atoms with Crippen LogP contribution in [0.1, 0.15) is 10.4 Å². The van der Waals surface area contributed by atoms with Crippen molar-refractivity contribution in [3.05, 3.63) is 34.9 Å². The van der Waals surface area contributed by atoms with Gasteiger partial charge < -0.3 is 9.47 Å². The van der Waals surface area contributed by atoms with Gasteiger partial charge in [0.2, 0.25) is 12.1 Å². The minimum atomic E-state index is -0.867. The van der Waals surface area contributed by atoms with E-state index in [0.717, 1.165) is 0 Å². The zero-order valence-corrected chi connectivity index (χ0v) is 8.75. The second-order valence-corrected chi connectivity index (χ2v) is 3.11. The van der Waals surface area contributed by atoms with Gasteiger partial charge in [0.05, 0.1) is 0 Å². The van der Waals surface area contributed by atoms with Gasteiger partial charge in [0, 0.05) is 24.8 Å². The fraction of sp³-hybridized carbons (Fsp3) is 0.300. The van der Waals surface area contributed by atoms with Crippen LogP contribution in [0.25, 0.3) is 0 Å². The standard InChI is InChI=1S/C10H11ClO3/c1-13-10(14-2)9(12)7-4-3-5-8(11)6-7/h3-6,10H,1-2H3. The number of hydrogen-bond acceptors (Lipinski definition) is 3. The molecule has 0 saturated heterocycles. The smallest absolute Gasteiger partial charge is 0.222 e. The second-order valence-electron chi connectivity index (χ2n) is 2.68. The lowest BCUT2D eigenvalue weighted by molar-refractivity contribution is -0.0742. The van der Waals surface area contributed by atoms with Gasteiger partial charge in [-0.1, -0.05) is 23.7 Å². The molecule has 0 aromatic heterocycles. The fourth-order valence-electron chi connectivity index (χ4n) is 1.09. The summed E-state index contributed by atoms with van der Waals surface area (Å²) >= 11 is 5.75. The highest BCUT2D eigenvalue weighted by Crippen LogP contribution is 2.13. The maximum atomic E-state index is 11.7. The predicted molar refractivity (Wildman–Crippen MR) is 53.6 cm³/mol. The summed E-state index contributed by atoms with van der Waals surface area (Å²) in [6, 6.07) is 6.65. The van der Waals surface area contributed by atoms with Gasteiger partial charge in [-0.2, -0.15) is 0 Å². The summed E-state index contributed by atoms with van der Waals surface area (Å²) in [7, 11) is 2.83. The third-order valence-electron chi connectivity index (χ3n) is 1.75. The number of carbonyl (C=O) groups excluding carboxylic acids is 1. The average molecular weight is 215 g/mol. The average Bonchev–Trinajstić information content (AvgIpc) is 2.19. The number of Topliss-reactive ketones (excluding diaryl/α,β-unsaturated/α-hetero) is 1. The zero-order valence-electron chi connectivity index (χ0n) is 7.99. The monoisotopic (exact) mass is 214 g/mol. The molecule has 0 fully saturated rings. The van der Waals surface area contributed by atoms with Gasteiger partial charge in [-0.15, -0.1) is 0 Å². The topological polar surface area (TPSA) is 35.5 Å². The first-order valence-electron chi connectivity index (χ1n) is 4.04. The molecule has 1 aromatic carbocycles. The van der Waals surface area contributed by atoms with Crippen LogP contribution >= 0.6 is 11.6 Å². The molecule has 0 unspecified atom stereocenters. The van der Waals surface area contributed by atoms with E-state index in [0.29, 0.717) is 10.6 Å². The van der Waals surface area contributed by atoms with Gasteiger partial charge in [0.15, 0.2) is 0 Å². The molecule has 1 aromatic rings. The lowest BCUT2D eigenvalue weighted by Crippen LogP contribution is -2.24. The first-order chi connectivity index (χ1) is 6.69. The van der Waals surface area contributed by atoms with Gasteiger partial charge >= 0.3 is 0 Å². The summed E-state index contributed by atoms with van der Waals surface area (Å²) in [4.78, 5) is 11.7. The Morgan fingerprint density at radius 1 is 1.36 bits per heavy atom. The van der Waals surface area contributed by atoms with E-state index in [9.17, 15) is 4.79 Å². The summed E-state index contributed by atoms with van der Waals surface area (Å²) < 4.78 is 9.68. The van der Waals surface area contributed by atoms with Crippen molar-refractivity contribution < 1.29 is 14.3 Å². The first kappa shape index (κ1) is 11.2. The Morgan fingerprint density at radius 3 is 2.50 bits per heavy atom. The molecular formula is C10H11ClO3. The van der Waals surface area contributed by atoms with Crippen molar-refractivity contribution in [1.29, 1.82) is 0 Å². The first-order valence-corrected chi connectivity index (χ1v) is 4.42. The van der Waals surface area contributed by atoms with Crippen molar-refractivity contribution in [1.82, 2.24) is 0 Å². The van der Waals surface area contributed by atoms with Crippen LogP contribution < -0.4 is 0 Å². The molecule has 4 heteroatoms. The number of methoxy groups -OCH3 is 2. The van der Waals surface area contributed by atoms with E-state index in [1.807, 2.05) is 0 Å². The number of carbonyl (C=O) groups is 1. The maximum Gasteiger partial charge on any atom is 0.222 e. The fourth-order valence-corrected chi connectivity index (χ4v) is 1.28. The lowest BCUT2D eigenvalue weighted by Gasteiger charge is -2.11. The minimum Gasteiger partial charge on any atom is -0.349 e. The van der Waals surface area contributed by atoms with Crippen LogP contribution in [-0.4, -0.2) is 26.3 Å². The Kier molecular flexibility index (Phi) is 4.07. The van der Waals surface area contributed by atoms with Gasteiger partial charge in [-0.3, -0.25) is 4.79 Å². The molecule has 3 nitrogen and oxygen atoms in total. The summed E-state index contributed by atoms with van der Waals surface area (Å²) in [5.74, 6) is -0.238. The molecule has 0 aliphatic carbocycles. The normalized spacial score (nSPS) is 10.6. The summed E-state index contributed by atoms with van der Waals surface area (Å²) in [5.41, 5.74) is 0.478. The lowest BCUT2D eigenvalue weighted by atomic mass is 10.1. The number of ether oxygens (including phenoxy) is 2. The third kappa shape index (κ3) is 2.54. The molecule has 0 bridgehead atoms. The molecule has 0 amide bonds. The molecule has 76 valence electrons. The highest BCUT2D eigenvalue weighted by Gasteiger charge is 2.18. The van der Waals surface area contributed by atoms with Crippen LogP contribution in [0.3, 0.4) is 0 Å². The van der Waals surface area contributed by atoms with Gasteiger partial charge in [-0.05, 0) is 12.1 Å². The van der Waals surface area contributed by atoms with Crippen LogP contribution in [0.4, 0.5) is 0 Å². The van der Waals surface area contributed by atoms with Crippen LogP contribution in [-0.2, 0) is 9.47 Å². The summed E-state index contributed by atoms with van der Waals surface area (Å²) in [5, 5.41) is 0.516. The molecule has 0 N–H and O–H groups in total. The molecule has 0 atom stereocenters. The SMILES string of the molecule is COC(OC)C(=O)c1cccc(Cl)c1. The Hall–Kier alpha value is -0.900. The predicted octanol–water partition coefficient (Wildman–Crippen LogP) is 2.14. The van der Waals surface area contributed by atoms with E-state index >= 15 is 0 Å². The molecule has 0 saturated carbocycles. The summed E-state index contributed by atoms with van der Waals surface area (Å²) in [6.07, 6.45) is -0.867. The van der Waals surface area contributed by atoms with E-state index in [1.54, 1.807) is 24.3 Å². The number of ketones is 1. The van der Waals surface area contributed by atoms with E-state index in [-0.39, 0.29) is 5.78 Å².